The number of allylic oxidation sites excluding steroid dienone is 5. The molecule has 156 valence electrons. The van der Waals surface area contributed by atoms with Crippen molar-refractivity contribution >= 4 is 5.91 Å². The van der Waals surface area contributed by atoms with E-state index < -0.39 is 12.2 Å². The second-order valence-corrected chi connectivity index (χ2v) is 6.72. The Morgan fingerprint density at radius 1 is 0.926 bits per heavy atom. The topological polar surface area (TPSA) is 89.8 Å². The molecule has 0 aliphatic heterocycles. The second-order valence-electron chi connectivity index (χ2n) is 6.72. The SMILES string of the molecule is CCCCC/C=C\C/C=C\C/C=C\CC(O)C(O)CCCC(=O)NCCO. The first kappa shape index (κ1) is 25.6. The fraction of sp³-hybridized carbons (Fsp3) is 0.682. The number of aliphatic hydroxyl groups is 3. The zero-order chi connectivity index (χ0) is 20.2. The van der Waals surface area contributed by atoms with Crippen molar-refractivity contribution in [3.63, 3.8) is 0 Å². The average Bonchev–Trinajstić information content (AvgIpc) is 2.66. The maximum Gasteiger partial charge on any atom is 0.220 e. The summed E-state index contributed by atoms with van der Waals surface area (Å²) < 4.78 is 0. The van der Waals surface area contributed by atoms with Crippen LogP contribution in [0.2, 0.25) is 0 Å². The standard InChI is InChI=1S/C22H39NO4/c1-2-3-4-5-6-7-8-9-10-11-12-13-15-20(25)21(26)16-14-17-22(27)23-18-19-24/h6-7,9-10,12-13,20-21,24-26H,2-5,8,11,14-19H2,1H3,(H,23,27)/b7-6-,10-9-,13-12-. The molecule has 0 aromatic carbocycles. The van der Waals surface area contributed by atoms with Crippen LogP contribution in [-0.2, 0) is 4.79 Å². The van der Waals surface area contributed by atoms with Crippen molar-refractivity contribution in [3.05, 3.63) is 36.5 Å². The summed E-state index contributed by atoms with van der Waals surface area (Å²) in [6.07, 6.45) is 19.2. The number of carbonyl (C=O) groups is 1. The monoisotopic (exact) mass is 381 g/mol. The van der Waals surface area contributed by atoms with Crippen LogP contribution in [0, 0.1) is 0 Å². The largest absolute Gasteiger partial charge is 0.395 e. The van der Waals surface area contributed by atoms with Gasteiger partial charge in [-0.25, -0.2) is 0 Å². The highest BCUT2D eigenvalue weighted by atomic mass is 16.3. The highest BCUT2D eigenvalue weighted by Gasteiger charge is 2.14. The molecule has 0 aromatic rings. The van der Waals surface area contributed by atoms with Gasteiger partial charge >= 0.3 is 0 Å². The number of hydrogen-bond acceptors (Lipinski definition) is 4. The number of rotatable bonds is 17. The van der Waals surface area contributed by atoms with E-state index >= 15 is 0 Å². The van der Waals surface area contributed by atoms with Crippen molar-refractivity contribution in [2.24, 2.45) is 0 Å². The predicted octanol–water partition coefficient (Wildman–Crippen LogP) is 3.41. The molecule has 2 atom stereocenters. The molecule has 1 amide bonds. The number of amides is 1. The van der Waals surface area contributed by atoms with E-state index in [1.54, 1.807) is 0 Å². The van der Waals surface area contributed by atoms with Gasteiger partial charge < -0.3 is 20.6 Å². The van der Waals surface area contributed by atoms with E-state index in [9.17, 15) is 15.0 Å². The number of aliphatic hydroxyl groups excluding tert-OH is 3. The van der Waals surface area contributed by atoms with Crippen molar-refractivity contribution in [1.29, 1.82) is 0 Å². The first-order chi connectivity index (χ1) is 13.1. The predicted molar refractivity (Wildman–Crippen MR) is 111 cm³/mol. The van der Waals surface area contributed by atoms with Gasteiger partial charge in [0.25, 0.3) is 0 Å². The Labute approximate surface area is 164 Å². The molecule has 0 saturated carbocycles. The fourth-order valence-corrected chi connectivity index (χ4v) is 2.51. The van der Waals surface area contributed by atoms with E-state index in [1.807, 2.05) is 12.2 Å². The van der Waals surface area contributed by atoms with Gasteiger partial charge in [0.2, 0.25) is 5.91 Å². The van der Waals surface area contributed by atoms with Gasteiger partial charge in [0.15, 0.2) is 0 Å². The van der Waals surface area contributed by atoms with Gasteiger partial charge in [-0.15, -0.1) is 0 Å². The number of nitrogens with one attached hydrogen (secondary N) is 1. The minimum absolute atomic E-state index is 0.0790. The maximum atomic E-state index is 11.4. The molecular weight excluding hydrogens is 342 g/mol. The van der Waals surface area contributed by atoms with E-state index in [0.717, 1.165) is 19.3 Å². The van der Waals surface area contributed by atoms with Gasteiger partial charge in [0.05, 0.1) is 18.8 Å². The van der Waals surface area contributed by atoms with E-state index in [-0.39, 0.29) is 25.5 Å². The summed E-state index contributed by atoms with van der Waals surface area (Å²) in [5.74, 6) is -0.145. The van der Waals surface area contributed by atoms with Crippen LogP contribution in [0.1, 0.15) is 71.1 Å². The molecule has 0 heterocycles. The van der Waals surface area contributed by atoms with E-state index in [0.29, 0.717) is 19.3 Å². The lowest BCUT2D eigenvalue weighted by Gasteiger charge is -2.16. The zero-order valence-electron chi connectivity index (χ0n) is 16.9. The van der Waals surface area contributed by atoms with Crippen molar-refractivity contribution in [2.75, 3.05) is 13.2 Å². The first-order valence-corrected chi connectivity index (χ1v) is 10.3. The lowest BCUT2D eigenvalue weighted by molar-refractivity contribution is -0.121. The zero-order valence-corrected chi connectivity index (χ0v) is 16.9. The van der Waals surface area contributed by atoms with E-state index in [4.69, 9.17) is 5.11 Å². The molecule has 2 unspecified atom stereocenters. The molecule has 0 aromatic heterocycles. The quantitative estimate of drug-likeness (QED) is 0.230. The van der Waals surface area contributed by atoms with E-state index in [1.165, 1.54) is 19.3 Å². The Morgan fingerprint density at radius 3 is 2.26 bits per heavy atom. The van der Waals surface area contributed by atoms with Crippen LogP contribution in [-0.4, -0.2) is 46.6 Å². The minimum Gasteiger partial charge on any atom is -0.395 e. The smallest absolute Gasteiger partial charge is 0.220 e. The number of hydrogen-bond donors (Lipinski definition) is 4. The van der Waals surface area contributed by atoms with Crippen molar-refractivity contribution in [3.8, 4) is 0 Å². The second kappa shape index (κ2) is 19.3. The normalized spacial score (nSPS) is 14.4. The van der Waals surface area contributed by atoms with Gasteiger partial charge in [-0.3, -0.25) is 4.79 Å². The van der Waals surface area contributed by atoms with Crippen LogP contribution in [0.3, 0.4) is 0 Å². The fourth-order valence-electron chi connectivity index (χ4n) is 2.51. The molecule has 0 spiro atoms. The Kier molecular flexibility index (Phi) is 18.3. The van der Waals surface area contributed by atoms with Crippen LogP contribution in [0.25, 0.3) is 0 Å². The molecule has 0 aliphatic carbocycles. The molecule has 4 N–H and O–H groups in total. The Balaban J connectivity index is 3.70. The lowest BCUT2D eigenvalue weighted by atomic mass is 10.0. The van der Waals surface area contributed by atoms with Gasteiger partial charge in [-0.1, -0.05) is 56.2 Å². The summed E-state index contributed by atoms with van der Waals surface area (Å²) in [5.41, 5.74) is 0. The Bertz CT molecular complexity index is 432. The minimum atomic E-state index is -0.825. The average molecular weight is 382 g/mol. The molecule has 5 heteroatoms. The maximum absolute atomic E-state index is 11.4. The van der Waals surface area contributed by atoms with Crippen LogP contribution in [0.5, 0.6) is 0 Å². The molecule has 27 heavy (non-hydrogen) atoms. The molecule has 0 saturated heterocycles. The summed E-state index contributed by atoms with van der Waals surface area (Å²) >= 11 is 0. The van der Waals surface area contributed by atoms with Crippen LogP contribution >= 0.6 is 0 Å². The van der Waals surface area contributed by atoms with Crippen molar-refractivity contribution < 1.29 is 20.1 Å². The van der Waals surface area contributed by atoms with Crippen LogP contribution < -0.4 is 5.32 Å². The molecule has 0 bridgehead atoms. The molecule has 5 nitrogen and oxygen atoms in total. The summed E-state index contributed by atoms with van der Waals surface area (Å²) in [4.78, 5) is 11.4. The summed E-state index contributed by atoms with van der Waals surface area (Å²) in [6, 6.07) is 0. The Hall–Kier alpha value is -1.43. The van der Waals surface area contributed by atoms with Gasteiger partial charge in [-0.2, -0.15) is 0 Å². The van der Waals surface area contributed by atoms with Crippen molar-refractivity contribution in [1.82, 2.24) is 5.32 Å². The third-order valence-electron chi connectivity index (χ3n) is 4.18. The summed E-state index contributed by atoms with van der Waals surface area (Å²) in [6.45, 7) is 2.38. The molecule has 0 rings (SSSR count). The molecule has 0 radical (unpaired) electrons. The third-order valence-corrected chi connectivity index (χ3v) is 4.18. The molecular formula is C22H39NO4. The summed E-state index contributed by atoms with van der Waals surface area (Å²) in [5, 5.41) is 31.0. The lowest BCUT2D eigenvalue weighted by Crippen LogP contribution is -2.28. The number of carbonyl (C=O) groups excluding carboxylic acids is 1. The summed E-state index contributed by atoms with van der Waals surface area (Å²) in [7, 11) is 0. The van der Waals surface area contributed by atoms with Gasteiger partial charge in [0.1, 0.15) is 0 Å². The Morgan fingerprint density at radius 2 is 1.59 bits per heavy atom. The molecule has 0 fully saturated rings. The van der Waals surface area contributed by atoms with Gasteiger partial charge in [0, 0.05) is 13.0 Å². The highest BCUT2D eigenvalue weighted by Crippen LogP contribution is 2.09. The first-order valence-electron chi connectivity index (χ1n) is 10.3. The van der Waals surface area contributed by atoms with Crippen LogP contribution in [0.4, 0.5) is 0 Å². The van der Waals surface area contributed by atoms with Crippen LogP contribution in [0.15, 0.2) is 36.5 Å². The van der Waals surface area contributed by atoms with Crippen molar-refractivity contribution in [2.45, 2.75) is 83.3 Å². The molecule has 0 aliphatic rings. The number of unbranched alkanes of at least 4 members (excludes halogenated alkanes) is 3. The van der Waals surface area contributed by atoms with E-state index in [2.05, 4.69) is 36.5 Å². The highest BCUT2D eigenvalue weighted by molar-refractivity contribution is 5.75. The third kappa shape index (κ3) is 17.7. The van der Waals surface area contributed by atoms with Gasteiger partial charge in [-0.05, 0) is 44.9 Å².